The second-order valence-corrected chi connectivity index (χ2v) is 8.32. The lowest BCUT2D eigenvalue weighted by molar-refractivity contribution is 0.187. The van der Waals surface area contributed by atoms with Crippen LogP contribution in [0.25, 0.3) is 10.1 Å². The molecule has 2 aromatic rings. The van der Waals surface area contributed by atoms with E-state index in [1.807, 2.05) is 18.2 Å². The molecule has 0 radical (unpaired) electrons. The van der Waals surface area contributed by atoms with Crippen molar-refractivity contribution in [1.29, 1.82) is 0 Å². The van der Waals surface area contributed by atoms with Gasteiger partial charge in [-0.3, -0.25) is 9.69 Å². The zero-order valence-corrected chi connectivity index (χ0v) is 15.2. The second kappa shape index (κ2) is 6.85. The van der Waals surface area contributed by atoms with Gasteiger partial charge in [-0.2, -0.15) is 0 Å². The molecule has 1 aliphatic heterocycles. The standard InChI is InChI=1S/C20H25NO2S/c1-23-15-7-8-18-16(11-15)20(22)17-13-21(10-9-19(17)24-18)12-14-5-3-2-4-6-14/h7-8,11,14H,2-6,9-10,12-13H2,1H3. The lowest BCUT2D eigenvalue weighted by Crippen LogP contribution is -2.37. The van der Waals surface area contributed by atoms with E-state index in [1.54, 1.807) is 18.4 Å². The maximum absolute atomic E-state index is 13.0. The van der Waals surface area contributed by atoms with Crippen LogP contribution in [0, 0.1) is 5.92 Å². The van der Waals surface area contributed by atoms with Gasteiger partial charge in [0.1, 0.15) is 5.75 Å². The Hall–Kier alpha value is -1.39. The number of rotatable bonds is 3. The van der Waals surface area contributed by atoms with Crippen LogP contribution < -0.4 is 10.2 Å². The lowest BCUT2D eigenvalue weighted by Gasteiger charge is -2.32. The minimum Gasteiger partial charge on any atom is -0.497 e. The van der Waals surface area contributed by atoms with Crippen LogP contribution in [-0.2, 0) is 13.0 Å². The van der Waals surface area contributed by atoms with E-state index in [9.17, 15) is 4.79 Å². The first-order valence-corrected chi connectivity index (χ1v) is 9.91. The zero-order valence-electron chi connectivity index (χ0n) is 14.3. The molecule has 1 aromatic carbocycles. The fourth-order valence-corrected chi connectivity index (χ4v) is 5.34. The van der Waals surface area contributed by atoms with Gasteiger partial charge in [-0.05, 0) is 43.4 Å². The first-order valence-electron chi connectivity index (χ1n) is 9.09. The van der Waals surface area contributed by atoms with Crippen LogP contribution in [0.4, 0.5) is 0 Å². The van der Waals surface area contributed by atoms with E-state index < -0.39 is 0 Å². The number of nitrogens with zero attached hydrogens (tertiary/aromatic N) is 1. The van der Waals surface area contributed by atoms with Crippen molar-refractivity contribution in [1.82, 2.24) is 4.90 Å². The van der Waals surface area contributed by atoms with Crippen molar-refractivity contribution in [2.24, 2.45) is 5.92 Å². The molecule has 0 atom stereocenters. The third kappa shape index (κ3) is 3.09. The monoisotopic (exact) mass is 343 g/mol. The van der Waals surface area contributed by atoms with Gasteiger partial charge in [-0.1, -0.05) is 19.3 Å². The van der Waals surface area contributed by atoms with Crippen LogP contribution in [0.15, 0.2) is 23.0 Å². The molecule has 3 nitrogen and oxygen atoms in total. The van der Waals surface area contributed by atoms with E-state index in [0.717, 1.165) is 46.8 Å². The summed E-state index contributed by atoms with van der Waals surface area (Å²) in [7, 11) is 1.65. The van der Waals surface area contributed by atoms with E-state index in [4.69, 9.17) is 4.74 Å². The summed E-state index contributed by atoms with van der Waals surface area (Å²) in [6, 6.07) is 5.87. The Kier molecular flexibility index (Phi) is 4.59. The number of hydrogen-bond donors (Lipinski definition) is 0. The molecule has 4 rings (SSSR count). The zero-order chi connectivity index (χ0) is 16.5. The van der Waals surface area contributed by atoms with Gasteiger partial charge in [0.15, 0.2) is 5.43 Å². The molecule has 0 saturated heterocycles. The Morgan fingerprint density at radius 1 is 1.25 bits per heavy atom. The van der Waals surface area contributed by atoms with Gasteiger partial charge >= 0.3 is 0 Å². The molecule has 2 aliphatic rings. The third-order valence-corrected chi connectivity index (χ3v) is 6.83. The molecule has 2 heterocycles. The van der Waals surface area contributed by atoms with Crippen molar-refractivity contribution in [2.45, 2.75) is 45.1 Å². The van der Waals surface area contributed by atoms with Gasteiger partial charge in [0.25, 0.3) is 0 Å². The number of benzene rings is 1. The molecule has 1 fully saturated rings. The summed E-state index contributed by atoms with van der Waals surface area (Å²) in [4.78, 5) is 16.8. The smallest absolute Gasteiger partial charge is 0.192 e. The van der Waals surface area contributed by atoms with Gasteiger partial charge in [-0.15, -0.1) is 11.3 Å². The first kappa shape index (κ1) is 16.1. The summed E-state index contributed by atoms with van der Waals surface area (Å²) in [5.74, 6) is 1.60. The summed E-state index contributed by atoms with van der Waals surface area (Å²) >= 11 is 1.79. The van der Waals surface area contributed by atoms with Crippen molar-refractivity contribution >= 4 is 21.4 Å². The maximum atomic E-state index is 13.0. The molecule has 1 aliphatic carbocycles. The summed E-state index contributed by atoms with van der Waals surface area (Å²) in [6.07, 6.45) is 7.92. The Morgan fingerprint density at radius 3 is 2.88 bits per heavy atom. The number of methoxy groups -OCH3 is 1. The Balaban J connectivity index is 1.62. The molecule has 0 unspecified atom stereocenters. The summed E-state index contributed by atoms with van der Waals surface area (Å²) in [5.41, 5.74) is 1.24. The van der Waals surface area contributed by atoms with Crippen LogP contribution in [0.5, 0.6) is 5.75 Å². The molecule has 0 N–H and O–H groups in total. The Labute approximate surface area is 147 Å². The molecule has 0 amide bonds. The van der Waals surface area contributed by atoms with Crippen LogP contribution >= 0.6 is 11.3 Å². The predicted molar refractivity (Wildman–Crippen MR) is 100 cm³/mol. The number of hydrogen-bond acceptors (Lipinski definition) is 4. The minimum atomic E-state index is 0.214. The molecule has 128 valence electrons. The quantitative estimate of drug-likeness (QED) is 0.836. The molecular formula is C20H25NO2S. The van der Waals surface area contributed by atoms with Crippen LogP contribution in [0.1, 0.15) is 42.5 Å². The average molecular weight is 343 g/mol. The van der Waals surface area contributed by atoms with Crippen LogP contribution in [-0.4, -0.2) is 25.1 Å². The predicted octanol–water partition coefficient (Wildman–Crippen LogP) is 4.21. The molecule has 1 aromatic heterocycles. The summed E-state index contributed by atoms with van der Waals surface area (Å²) in [5, 5.41) is 0.817. The second-order valence-electron chi connectivity index (χ2n) is 7.18. The average Bonchev–Trinajstić information content (AvgIpc) is 2.63. The van der Waals surface area contributed by atoms with E-state index in [2.05, 4.69) is 4.90 Å². The highest BCUT2D eigenvalue weighted by Gasteiger charge is 2.24. The highest BCUT2D eigenvalue weighted by molar-refractivity contribution is 7.18. The lowest BCUT2D eigenvalue weighted by atomic mass is 9.88. The van der Waals surface area contributed by atoms with E-state index in [0.29, 0.717) is 0 Å². The van der Waals surface area contributed by atoms with Crippen LogP contribution in [0.2, 0.25) is 0 Å². The molecule has 24 heavy (non-hydrogen) atoms. The molecule has 4 heteroatoms. The molecule has 1 saturated carbocycles. The maximum Gasteiger partial charge on any atom is 0.192 e. The van der Waals surface area contributed by atoms with E-state index in [-0.39, 0.29) is 5.43 Å². The molecule has 0 spiro atoms. The van der Waals surface area contributed by atoms with Crippen molar-refractivity contribution in [3.63, 3.8) is 0 Å². The van der Waals surface area contributed by atoms with Crippen molar-refractivity contribution in [2.75, 3.05) is 20.2 Å². The summed E-state index contributed by atoms with van der Waals surface area (Å²) < 4.78 is 6.38. The highest BCUT2D eigenvalue weighted by Crippen LogP contribution is 2.30. The van der Waals surface area contributed by atoms with Gasteiger partial charge < -0.3 is 4.74 Å². The van der Waals surface area contributed by atoms with Gasteiger partial charge in [0, 0.05) is 40.2 Å². The highest BCUT2D eigenvalue weighted by atomic mass is 32.1. The van der Waals surface area contributed by atoms with Crippen molar-refractivity contribution in [3.8, 4) is 5.75 Å². The fraction of sp³-hybridized carbons (Fsp3) is 0.550. The Bertz CT molecular complexity index is 792. The number of ether oxygens (including phenoxy) is 1. The topological polar surface area (TPSA) is 29.5 Å². The van der Waals surface area contributed by atoms with Gasteiger partial charge in [0.05, 0.1) is 7.11 Å². The van der Waals surface area contributed by atoms with Gasteiger partial charge in [-0.25, -0.2) is 0 Å². The largest absolute Gasteiger partial charge is 0.497 e. The van der Waals surface area contributed by atoms with Crippen molar-refractivity contribution < 1.29 is 4.74 Å². The Morgan fingerprint density at radius 2 is 2.08 bits per heavy atom. The van der Waals surface area contributed by atoms with Crippen molar-refractivity contribution in [3.05, 3.63) is 38.9 Å². The summed E-state index contributed by atoms with van der Waals surface area (Å²) in [6.45, 7) is 3.09. The minimum absolute atomic E-state index is 0.214. The van der Waals surface area contributed by atoms with E-state index >= 15 is 0 Å². The van der Waals surface area contributed by atoms with Gasteiger partial charge in [0.2, 0.25) is 0 Å². The number of fused-ring (bicyclic) bond motifs is 2. The fourth-order valence-electron chi connectivity index (χ4n) is 4.20. The first-order chi connectivity index (χ1) is 11.7. The SMILES string of the molecule is COc1ccc2sc3c(c(=O)c2c1)CN(CC1CCCCC1)CC3. The molecular weight excluding hydrogens is 318 g/mol. The normalized spacial score (nSPS) is 19.4. The third-order valence-electron chi connectivity index (χ3n) is 5.55. The van der Waals surface area contributed by atoms with E-state index in [1.165, 1.54) is 43.5 Å². The molecule has 0 bridgehead atoms. The van der Waals surface area contributed by atoms with Crippen LogP contribution in [0.3, 0.4) is 0 Å².